The number of likely N-dealkylation sites (tertiary alicyclic amines) is 1. The summed E-state index contributed by atoms with van der Waals surface area (Å²) < 4.78 is 0. The maximum Gasteiger partial charge on any atom is 0.242 e. The van der Waals surface area contributed by atoms with Crippen molar-refractivity contribution in [3.05, 3.63) is 0 Å². The summed E-state index contributed by atoms with van der Waals surface area (Å²) in [5.41, 5.74) is -0.285. The number of aliphatic hydroxyl groups excluding tert-OH is 1. The first-order valence-corrected chi connectivity index (χ1v) is 7.20. The number of rotatable bonds is 3. The molecule has 0 radical (unpaired) electrons. The highest BCUT2D eigenvalue weighted by Gasteiger charge is 2.41. The second kappa shape index (κ2) is 6.42. The van der Waals surface area contributed by atoms with Crippen LogP contribution in [0, 0.1) is 5.41 Å². The Labute approximate surface area is 122 Å². The normalized spacial score (nSPS) is 29.9. The van der Waals surface area contributed by atoms with E-state index in [-0.39, 0.29) is 35.9 Å². The van der Waals surface area contributed by atoms with Crippen LogP contribution in [-0.2, 0) is 4.79 Å². The van der Waals surface area contributed by atoms with E-state index in [2.05, 4.69) is 12.2 Å². The molecular weight excluding hydrogens is 264 g/mol. The second-order valence-electron chi connectivity index (χ2n) is 6.17. The summed E-state index contributed by atoms with van der Waals surface area (Å²) in [4.78, 5) is 14.5. The van der Waals surface area contributed by atoms with Gasteiger partial charge in [0.1, 0.15) is 0 Å². The zero-order chi connectivity index (χ0) is 13.2. The zero-order valence-electron chi connectivity index (χ0n) is 12.1. The summed E-state index contributed by atoms with van der Waals surface area (Å²) >= 11 is 0. The first kappa shape index (κ1) is 16.7. The van der Waals surface area contributed by atoms with E-state index in [0.29, 0.717) is 0 Å². The smallest absolute Gasteiger partial charge is 0.242 e. The Morgan fingerprint density at radius 1 is 1.32 bits per heavy atom. The number of aliphatic hydroxyl groups is 1. The van der Waals surface area contributed by atoms with Crippen LogP contribution in [0.4, 0.5) is 0 Å². The minimum absolute atomic E-state index is 0. The van der Waals surface area contributed by atoms with Crippen molar-refractivity contribution in [2.45, 2.75) is 51.5 Å². The number of amides is 1. The number of hydrogen-bond donors (Lipinski definition) is 2. The van der Waals surface area contributed by atoms with Gasteiger partial charge in [0.25, 0.3) is 0 Å². The molecular formula is C14H27ClN2O2. The Kier molecular flexibility index (Phi) is 5.65. The van der Waals surface area contributed by atoms with Crippen molar-refractivity contribution in [2.75, 3.05) is 26.2 Å². The molecule has 2 rings (SSSR count). The Morgan fingerprint density at radius 3 is 2.37 bits per heavy atom. The summed E-state index contributed by atoms with van der Waals surface area (Å²) in [7, 11) is 0. The zero-order valence-corrected chi connectivity index (χ0v) is 12.9. The third-order valence-corrected chi connectivity index (χ3v) is 5.04. The van der Waals surface area contributed by atoms with Gasteiger partial charge in [0.2, 0.25) is 5.91 Å². The molecule has 1 unspecified atom stereocenters. The van der Waals surface area contributed by atoms with E-state index >= 15 is 0 Å². The summed E-state index contributed by atoms with van der Waals surface area (Å²) in [6.45, 7) is 6.95. The van der Waals surface area contributed by atoms with Crippen molar-refractivity contribution < 1.29 is 9.90 Å². The average Bonchev–Trinajstić information content (AvgIpc) is 2.86. The molecule has 19 heavy (non-hydrogen) atoms. The molecule has 112 valence electrons. The summed E-state index contributed by atoms with van der Waals surface area (Å²) in [6.07, 6.45) is 4.90. The van der Waals surface area contributed by atoms with Crippen LogP contribution in [0.1, 0.15) is 46.0 Å². The van der Waals surface area contributed by atoms with Crippen molar-refractivity contribution in [1.82, 2.24) is 10.2 Å². The topological polar surface area (TPSA) is 52.6 Å². The number of hydrogen-bond acceptors (Lipinski definition) is 3. The van der Waals surface area contributed by atoms with Crippen molar-refractivity contribution >= 4 is 18.3 Å². The number of nitrogens with zero attached hydrogens (tertiary/aromatic N) is 1. The molecule has 1 amide bonds. The fourth-order valence-electron chi connectivity index (χ4n) is 3.23. The summed E-state index contributed by atoms with van der Waals surface area (Å²) in [6, 6.07) is 0. The van der Waals surface area contributed by atoms with E-state index in [4.69, 9.17) is 0 Å². The van der Waals surface area contributed by atoms with Crippen molar-refractivity contribution in [1.29, 1.82) is 0 Å². The van der Waals surface area contributed by atoms with E-state index in [1.165, 1.54) is 0 Å². The molecule has 0 aromatic carbocycles. The molecule has 2 aliphatic heterocycles. The first-order valence-electron chi connectivity index (χ1n) is 7.20. The molecule has 0 aliphatic carbocycles. The third-order valence-electron chi connectivity index (χ3n) is 5.04. The average molecular weight is 291 g/mol. The number of halogens is 1. The highest BCUT2D eigenvalue weighted by Crippen LogP contribution is 2.35. The number of nitrogens with one attached hydrogen (secondary N) is 1. The molecule has 2 saturated heterocycles. The van der Waals surface area contributed by atoms with Gasteiger partial charge in [-0.05, 0) is 51.0 Å². The minimum Gasteiger partial charge on any atom is -0.396 e. The van der Waals surface area contributed by atoms with E-state index in [1.807, 2.05) is 11.8 Å². The van der Waals surface area contributed by atoms with Gasteiger partial charge in [-0.2, -0.15) is 0 Å². The van der Waals surface area contributed by atoms with Gasteiger partial charge in [-0.25, -0.2) is 0 Å². The monoisotopic (exact) mass is 290 g/mol. The molecule has 2 fully saturated rings. The molecule has 0 saturated carbocycles. The van der Waals surface area contributed by atoms with Gasteiger partial charge in [-0.3, -0.25) is 4.79 Å². The fraction of sp³-hybridized carbons (Fsp3) is 0.929. The molecule has 5 heteroatoms. The molecule has 0 spiro atoms. The summed E-state index contributed by atoms with van der Waals surface area (Å²) in [5.74, 6) is 0.252. The largest absolute Gasteiger partial charge is 0.396 e. The molecule has 4 nitrogen and oxygen atoms in total. The lowest BCUT2D eigenvalue weighted by Crippen LogP contribution is -2.56. The molecule has 1 atom stereocenters. The van der Waals surface area contributed by atoms with Gasteiger partial charge in [-0.1, -0.05) is 6.92 Å². The van der Waals surface area contributed by atoms with Crippen LogP contribution < -0.4 is 5.32 Å². The van der Waals surface area contributed by atoms with Crippen molar-refractivity contribution in [3.8, 4) is 0 Å². The third kappa shape index (κ3) is 3.23. The lowest BCUT2D eigenvalue weighted by molar-refractivity contribution is -0.140. The van der Waals surface area contributed by atoms with Crippen molar-refractivity contribution in [3.63, 3.8) is 0 Å². The minimum atomic E-state index is -0.342. The first-order chi connectivity index (χ1) is 8.55. The summed E-state index contributed by atoms with van der Waals surface area (Å²) in [5, 5.41) is 12.9. The van der Waals surface area contributed by atoms with Crippen LogP contribution in [0.3, 0.4) is 0 Å². The maximum atomic E-state index is 12.5. The Bertz CT molecular complexity index is 303. The van der Waals surface area contributed by atoms with Gasteiger partial charge >= 0.3 is 0 Å². The van der Waals surface area contributed by atoms with Gasteiger partial charge in [0.05, 0.1) is 5.54 Å². The van der Waals surface area contributed by atoms with E-state index in [9.17, 15) is 9.90 Å². The molecule has 2 aliphatic rings. The highest BCUT2D eigenvalue weighted by molar-refractivity contribution is 5.86. The van der Waals surface area contributed by atoms with Gasteiger partial charge in [0.15, 0.2) is 0 Å². The lowest BCUT2D eigenvalue weighted by Gasteiger charge is -2.42. The number of carbonyl (C=O) groups is 1. The van der Waals surface area contributed by atoms with Crippen LogP contribution in [-0.4, -0.2) is 47.7 Å². The Morgan fingerprint density at radius 2 is 1.95 bits per heavy atom. The van der Waals surface area contributed by atoms with E-state index < -0.39 is 0 Å². The molecule has 2 N–H and O–H groups in total. The second-order valence-corrected chi connectivity index (χ2v) is 6.17. The lowest BCUT2D eigenvalue weighted by atomic mass is 9.76. The SMILES string of the molecule is CCC1(CO)CCN(C(=O)C2(C)CCCN2)CC1.Cl. The van der Waals surface area contributed by atoms with Gasteiger partial charge in [-0.15, -0.1) is 12.4 Å². The van der Waals surface area contributed by atoms with Crippen LogP contribution >= 0.6 is 12.4 Å². The van der Waals surface area contributed by atoms with Crippen LogP contribution in [0.2, 0.25) is 0 Å². The quantitative estimate of drug-likeness (QED) is 0.829. The Balaban J connectivity index is 0.00000180. The van der Waals surface area contributed by atoms with Gasteiger partial charge < -0.3 is 15.3 Å². The molecule has 0 aromatic rings. The van der Waals surface area contributed by atoms with Crippen LogP contribution in [0.15, 0.2) is 0 Å². The Hall–Kier alpha value is -0.320. The fourth-order valence-corrected chi connectivity index (χ4v) is 3.23. The van der Waals surface area contributed by atoms with Crippen LogP contribution in [0.25, 0.3) is 0 Å². The van der Waals surface area contributed by atoms with Gasteiger partial charge in [0, 0.05) is 19.7 Å². The van der Waals surface area contributed by atoms with Crippen LogP contribution in [0.5, 0.6) is 0 Å². The van der Waals surface area contributed by atoms with E-state index in [0.717, 1.165) is 51.7 Å². The number of piperidine rings is 1. The van der Waals surface area contributed by atoms with E-state index in [1.54, 1.807) is 0 Å². The van der Waals surface area contributed by atoms with Crippen molar-refractivity contribution in [2.24, 2.45) is 5.41 Å². The molecule has 2 heterocycles. The standard InChI is InChI=1S/C14H26N2O2.ClH/c1-3-14(11-17)6-9-16(10-7-14)12(18)13(2)5-4-8-15-13;/h15,17H,3-11H2,1-2H3;1H. The molecule has 0 bridgehead atoms. The highest BCUT2D eigenvalue weighted by atomic mass is 35.5. The molecule has 0 aromatic heterocycles. The predicted octanol–water partition coefficient (Wildman–Crippen LogP) is 1.56. The maximum absolute atomic E-state index is 12.5. The predicted molar refractivity (Wildman–Crippen MR) is 78.5 cm³/mol. The number of carbonyl (C=O) groups excluding carboxylic acids is 1.